The summed E-state index contributed by atoms with van der Waals surface area (Å²) >= 11 is 0. The van der Waals surface area contributed by atoms with E-state index in [-0.39, 0.29) is 29.9 Å². The molecule has 0 radical (unpaired) electrons. The topological polar surface area (TPSA) is 68.8 Å². The van der Waals surface area contributed by atoms with E-state index >= 15 is 0 Å². The Hall–Kier alpha value is -2.13. The molecule has 1 heterocycles. The molecule has 1 saturated heterocycles. The monoisotopic (exact) mass is 549 g/mol. The van der Waals surface area contributed by atoms with E-state index in [0.29, 0.717) is 25.2 Å². The summed E-state index contributed by atoms with van der Waals surface area (Å²) < 4.78 is 0. The van der Waals surface area contributed by atoms with Crippen molar-refractivity contribution in [3.8, 4) is 0 Å². The zero-order chi connectivity index (χ0) is 21.9. The third-order valence-corrected chi connectivity index (χ3v) is 5.54. The second-order valence-corrected chi connectivity index (χ2v) is 8.13. The lowest BCUT2D eigenvalue weighted by Crippen LogP contribution is -2.41. The van der Waals surface area contributed by atoms with Gasteiger partial charge in [0, 0.05) is 38.8 Å². The largest absolute Gasteiger partial charge is 0.355 e. The van der Waals surface area contributed by atoms with Crippen LogP contribution in [0.15, 0.2) is 53.5 Å². The maximum absolute atomic E-state index is 12.2. The molecule has 7 heteroatoms. The summed E-state index contributed by atoms with van der Waals surface area (Å²) in [5, 5.41) is 9.50. The number of benzene rings is 2. The van der Waals surface area contributed by atoms with E-state index in [1.165, 1.54) is 43.5 Å². The summed E-state index contributed by atoms with van der Waals surface area (Å²) in [5.74, 6) is 0.667. The van der Waals surface area contributed by atoms with Gasteiger partial charge in [0.15, 0.2) is 5.96 Å². The fourth-order valence-electron chi connectivity index (χ4n) is 3.79. The number of piperidine rings is 1. The fraction of sp³-hybridized carbons (Fsp3) is 0.440. The lowest BCUT2D eigenvalue weighted by atomic mass is 10.1. The van der Waals surface area contributed by atoms with Gasteiger partial charge in [0.05, 0.1) is 0 Å². The molecule has 0 spiro atoms. The van der Waals surface area contributed by atoms with Crippen molar-refractivity contribution in [3.05, 3.63) is 70.8 Å². The summed E-state index contributed by atoms with van der Waals surface area (Å²) in [5.41, 5.74) is 4.36. The van der Waals surface area contributed by atoms with Crippen molar-refractivity contribution in [2.75, 3.05) is 33.2 Å². The van der Waals surface area contributed by atoms with Gasteiger partial charge in [-0.25, -0.2) is 0 Å². The van der Waals surface area contributed by atoms with Gasteiger partial charge in [0.1, 0.15) is 0 Å². The first kappa shape index (κ1) is 26.1. The Balaban J connectivity index is 0.00000363. The first-order valence-electron chi connectivity index (χ1n) is 11.2. The van der Waals surface area contributed by atoms with Crippen LogP contribution < -0.4 is 16.0 Å². The number of aliphatic imine (C=N–C) groups is 1. The average Bonchev–Trinajstić information content (AvgIpc) is 2.80. The van der Waals surface area contributed by atoms with Crippen molar-refractivity contribution < 1.29 is 4.79 Å². The molecule has 2 aromatic rings. The fourth-order valence-corrected chi connectivity index (χ4v) is 3.79. The van der Waals surface area contributed by atoms with Crippen molar-refractivity contribution in [2.45, 2.75) is 39.3 Å². The van der Waals surface area contributed by atoms with Gasteiger partial charge in [-0.1, -0.05) is 48.4 Å². The van der Waals surface area contributed by atoms with Crippen molar-refractivity contribution in [2.24, 2.45) is 4.99 Å². The molecule has 0 saturated carbocycles. The standard InChI is InChI=1S/C25H35N5O.HI/c1-20-7-6-8-23(17-20)24(31)27-13-14-28-25(26-2)29-18-21-9-11-22(12-10-21)19-30-15-4-3-5-16-30;/h6-12,17H,3-5,13-16,18-19H2,1-2H3,(H,27,31)(H2,26,28,29);1H. The van der Waals surface area contributed by atoms with Gasteiger partial charge in [-0.05, 0) is 56.1 Å². The number of rotatable bonds is 8. The van der Waals surface area contributed by atoms with Crippen LogP contribution >= 0.6 is 24.0 Å². The molecule has 3 N–H and O–H groups in total. The number of carbonyl (C=O) groups excluding carboxylic acids is 1. The number of likely N-dealkylation sites (tertiary alicyclic amines) is 1. The number of nitrogens with one attached hydrogen (secondary N) is 3. The molecule has 6 nitrogen and oxygen atoms in total. The highest BCUT2D eigenvalue weighted by Gasteiger charge is 2.10. The molecule has 0 bridgehead atoms. The molecule has 0 atom stereocenters. The molecule has 1 aliphatic heterocycles. The Bertz CT molecular complexity index is 863. The van der Waals surface area contributed by atoms with Crippen LogP contribution in [0.5, 0.6) is 0 Å². The van der Waals surface area contributed by atoms with E-state index in [1.807, 2.05) is 31.2 Å². The minimum absolute atomic E-state index is 0. The van der Waals surface area contributed by atoms with E-state index in [1.54, 1.807) is 7.05 Å². The summed E-state index contributed by atoms with van der Waals surface area (Å²) in [4.78, 5) is 19.0. The minimum atomic E-state index is -0.0573. The van der Waals surface area contributed by atoms with Crippen molar-refractivity contribution in [3.63, 3.8) is 0 Å². The zero-order valence-corrected chi connectivity index (χ0v) is 21.5. The van der Waals surface area contributed by atoms with Crippen LogP contribution in [0.4, 0.5) is 0 Å². The van der Waals surface area contributed by atoms with E-state index in [4.69, 9.17) is 0 Å². The SMILES string of the molecule is CN=C(NCCNC(=O)c1cccc(C)c1)NCc1ccc(CN2CCCCC2)cc1.I. The highest BCUT2D eigenvalue weighted by atomic mass is 127. The first-order valence-corrected chi connectivity index (χ1v) is 11.2. The second kappa shape index (κ2) is 14.1. The molecule has 1 amide bonds. The van der Waals surface area contributed by atoms with Gasteiger partial charge >= 0.3 is 0 Å². The van der Waals surface area contributed by atoms with Crippen LogP contribution in [-0.2, 0) is 13.1 Å². The van der Waals surface area contributed by atoms with Crippen LogP contribution in [0, 0.1) is 6.92 Å². The molecule has 1 fully saturated rings. The third-order valence-electron chi connectivity index (χ3n) is 5.54. The van der Waals surface area contributed by atoms with Gasteiger partial charge in [-0.3, -0.25) is 14.7 Å². The number of amides is 1. The van der Waals surface area contributed by atoms with Crippen LogP contribution in [-0.4, -0.2) is 50.0 Å². The number of nitrogens with zero attached hydrogens (tertiary/aromatic N) is 2. The molecular formula is C25H36IN5O. The van der Waals surface area contributed by atoms with Crippen LogP contribution in [0.25, 0.3) is 0 Å². The normalized spacial score (nSPS) is 14.4. The molecule has 1 aliphatic rings. The maximum Gasteiger partial charge on any atom is 0.251 e. The number of aryl methyl sites for hydroxylation is 1. The molecule has 3 rings (SSSR count). The molecule has 2 aromatic carbocycles. The zero-order valence-electron chi connectivity index (χ0n) is 19.2. The average molecular weight is 550 g/mol. The first-order chi connectivity index (χ1) is 15.1. The summed E-state index contributed by atoms with van der Waals surface area (Å²) in [6, 6.07) is 16.4. The number of guanidine groups is 1. The van der Waals surface area contributed by atoms with Gasteiger partial charge < -0.3 is 16.0 Å². The third kappa shape index (κ3) is 8.78. The predicted molar refractivity (Wildman–Crippen MR) is 143 cm³/mol. The summed E-state index contributed by atoms with van der Waals surface area (Å²) in [6.45, 7) is 7.30. The van der Waals surface area contributed by atoms with E-state index < -0.39 is 0 Å². The van der Waals surface area contributed by atoms with E-state index in [0.717, 1.165) is 18.1 Å². The van der Waals surface area contributed by atoms with Gasteiger partial charge in [-0.15, -0.1) is 24.0 Å². The Kier molecular flexibility index (Phi) is 11.5. The number of hydrogen-bond acceptors (Lipinski definition) is 3. The smallest absolute Gasteiger partial charge is 0.251 e. The van der Waals surface area contributed by atoms with Crippen molar-refractivity contribution >= 4 is 35.8 Å². The Morgan fingerprint density at radius 2 is 1.62 bits per heavy atom. The van der Waals surface area contributed by atoms with Gasteiger partial charge in [0.25, 0.3) is 5.91 Å². The molecule has 0 unspecified atom stereocenters. The number of halogens is 1. The maximum atomic E-state index is 12.2. The summed E-state index contributed by atoms with van der Waals surface area (Å²) in [7, 11) is 1.75. The Morgan fingerprint density at radius 1 is 0.938 bits per heavy atom. The molecular weight excluding hydrogens is 513 g/mol. The molecule has 0 aliphatic carbocycles. The second-order valence-electron chi connectivity index (χ2n) is 8.13. The Morgan fingerprint density at radius 3 is 2.31 bits per heavy atom. The number of hydrogen-bond donors (Lipinski definition) is 3. The number of carbonyl (C=O) groups is 1. The Labute approximate surface area is 209 Å². The lowest BCUT2D eigenvalue weighted by molar-refractivity contribution is 0.0954. The van der Waals surface area contributed by atoms with Crippen molar-refractivity contribution in [1.82, 2.24) is 20.9 Å². The highest BCUT2D eigenvalue weighted by Crippen LogP contribution is 2.13. The quantitative estimate of drug-likeness (QED) is 0.204. The predicted octanol–water partition coefficient (Wildman–Crippen LogP) is 3.69. The van der Waals surface area contributed by atoms with Gasteiger partial charge in [-0.2, -0.15) is 0 Å². The minimum Gasteiger partial charge on any atom is -0.355 e. The van der Waals surface area contributed by atoms with Crippen LogP contribution in [0.3, 0.4) is 0 Å². The van der Waals surface area contributed by atoms with Crippen LogP contribution in [0.1, 0.15) is 46.3 Å². The van der Waals surface area contributed by atoms with E-state index in [2.05, 4.69) is 50.1 Å². The molecule has 32 heavy (non-hydrogen) atoms. The van der Waals surface area contributed by atoms with E-state index in [9.17, 15) is 4.79 Å². The highest BCUT2D eigenvalue weighted by molar-refractivity contribution is 14.0. The molecule has 174 valence electrons. The summed E-state index contributed by atoms with van der Waals surface area (Å²) in [6.07, 6.45) is 4.02. The van der Waals surface area contributed by atoms with Gasteiger partial charge in [0.2, 0.25) is 0 Å². The lowest BCUT2D eigenvalue weighted by Gasteiger charge is -2.26. The molecule has 0 aromatic heterocycles. The van der Waals surface area contributed by atoms with Crippen LogP contribution in [0.2, 0.25) is 0 Å². The van der Waals surface area contributed by atoms with Crippen molar-refractivity contribution in [1.29, 1.82) is 0 Å².